The molecule has 6 nitrogen and oxygen atoms in total. The average Bonchev–Trinajstić information content (AvgIpc) is 3.05. The second-order valence-corrected chi connectivity index (χ2v) is 7.38. The number of benzene rings is 2. The zero-order chi connectivity index (χ0) is 19.1. The van der Waals surface area contributed by atoms with Gasteiger partial charge in [-0.15, -0.1) is 11.3 Å². The lowest BCUT2D eigenvalue weighted by atomic mass is 10.1. The highest BCUT2D eigenvalue weighted by molar-refractivity contribution is 7.19. The Bertz CT molecular complexity index is 1070. The van der Waals surface area contributed by atoms with E-state index >= 15 is 0 Å². The molecule has 0 bridgehead atoms. The predicted octanol–water partition coefficient (Wildman–Crippen LogP) is 3.86. The van der Waals surface area contributed by atoms with Crippen molar-refractivity contribution in [3.05, 3.63) is 52.2 Å². The van der Waals surface area contributed by atoms with E-state index in [0.717, 1.165) is 0 Å². The van der Waals surface area contributed by atoms with Gasteiger partial charge in [0.1, 0.15) is 16.6 Å². The first-order valence-electron chi connectivity index (χ1n) is 7.96. The van der Waals surface area contributed by atoms with E-state index in [1.165, 1.54) is 28.4 Å². The summed E-state index contributed by atoms with van der Waals surface area (Å²) in [5, 5.41) is 9.59. The lowest BCUT2D eigenvalue weighted by molar-refractivity contribution is -0.142. The Kier molecular flexibility index (Phi) is 4.45. The van der Waals surface area contributed by atoms with Gasteiger partial charge < -0.3 is 9.84 Å². The highest BCUT2D eigenvalue weighted by Crippen LogP contribution is 2.37. The van der Waals surface area contributed by atoms with Crippen LogP contribution in [0.1, 0.15) is 11.4 Å². The number of rotatable bonds is 4. The maximum atomic E-state index is 13.7. The van der Waals surface area contributed by atoms with Gasteiger partial charge in [-0.25, -0.2) is 9.37 Å². The van der Waals surface area contributed by atoms with Crippen molar-refractivity contribution >= 4 is 50.7 Å². The molecule has 1 unspecified atom stereocenters. The van der Waals surface area contributed by atoms with Crippen LogP contribution in [-0.2, 0) is 16.1 Å². The number of anilines is 1. The summed E-state index contributed by atoms with van der Waals surface area (Å²) in [4.78, 5) is 29.7. The maximum absolute atomic E-state index is 13.7. The number of halogens is 2. The number of thiazole rings is 1. The molecule has 2 heterocycles. The summed E-state index contributed by atoms with van der Waals surface area (Å²) in [5.74, 6) is -1.70. The number of hydrogen-bond acceptors (Lipinski definition) is 5. The third-order valence-corrected chi connectivity index (χ3v) is 5.67. The quantitative estimate of drug-likeness (QED) is 0.711. The van der Waals surface area contributed by atoms with Crippen molar-refractivity contribution in [2.45, 2.75) is 19.1 Å². The summed E-state index contributed by atoms with van der Waals surface area (Å²) >= 11 is 7.19. The smallest absolute Gasteiger partial charge is 0.307 e. The summed E-state index contributed by atoms with van der Waals surface area (Å²) in [6.45, 7) is 0.104. The molecule has 9 heteroatoms. The van der Waals surface area contributed by atoms with Crippen molar-refractivity contribution in [3.8, 4) is 5.75 Å². The number of carbonyl (C=O) groups excluding carboxylic acids is 1. The van der Waals surface area contributed by atoms with E-state index in [1.54, 1.807) is 24.3 Å². The molecule has 27 heavy (non-hydrogen) atoms. The molecule has 0 fully saturated rings. The summed E-state index contributed by atoms with van der Waals surface area (Å²) in [7, 11) is 0. The monoisotopic (exact) mass is 406 g/mol. The zero-order valence-corrected chi connectivity index (χ0v) is 15.3. The van der Waals surface area contributed by atoms with Gasteiger partial charge in [-0.2, -0.15) is 0 Å². The SMILES string of the molecule is O=C(O)CC1Oc2ccccc2N(Cc2nc3ccc(F)c(Cl)c3s2)C1=O. The Morgan fingerprint density at radius 2 is 2.11 bits per heavy atom. The van der Waals surface area contributed by atoms with Crippen LogP contribution in [0.2, 0.25) is 5.02 Å². The second-order valence-electron chi connectivity index (χ2n) is 5.91. The molecule has 1 aliphatic rings. The van der Waals surface area contributed by atoms with E-state index in [4.69, 9.17) is 21.4 Å². The van der Waals surface area contributed by atoms with E-state index in [0.29, 0.717) is 26.7 Å². The number of aliphatic carboxylic acids is 1. The van der Waals surface area contributed by atoms with Gasteiger partial charge in [0.05, 0.1) is 33.9 Å². The Morgan fingerprint density at radius 1 is 1.33 bits per heavy atom. The topological polar surface area (TPSA) is 79.7 Å². The molecule has 0 spiro atoms. The van der Waals surface area contributed by atoms with Gasteiger partial charge >= 0.3 is 5.97 Å². The van der Waals surface area contributed by atoms with Gasteiger partial charge in [0.15, 0.2) is 6.10 Å². The lowest BCUT2D eigenvalue weighted by Crippen LogP contribution is -2.46. The van der Waals surface area contributed by atoms with E-state index in [2.05, 4.69) is 4.98 Å². The van der Waals surface area contributed by atoms with Gasteiger partial charge in [-0.3, -0.25) is 14.5 Å². The minimum absolute atomic E-state index is 0.00583. The van der Waals surface area contributed by atoms with Crippen LogP contribution in [0.5, 0.6) is 5.75 Å². The molecule has 0 saturated carbocycles. The first-order valence-corrected chi connectivity index (χ1v) is 9.16. The van der Waals surface area contributed by atoms with Crippen molar-refractivity contribution in [1.29, 1.82) is 0 Å². The van der Waals surface area contributed by atoms with Crippen molar-refractivity contribution in [2.24, 2.45) is 0 Å². The largest absolute Gasteiger partial charge is 0.481 e. The van der Waals surface area contributed by atoms with Gasteiger partial charge in [0.2, 0.25) is 0 Å². The third kappa shape index (κ3) is 3.22. The molecule has 2 aromatic carbocycles. The van der Waals surface area contributed by atoms with Crippen LogP contribution < -0.4 is 9.64 Å². The maximum Gasteiger partial charge on any atom is 0.307 e. The highest BCUT2D eigenvalue weighted by Gasteiger charge is 2.36. The van der Waals surface area contributed by atoms with Crippen LogP contribution >= 0.6 is 22.9 Å². The molecule has 1 amide bonds. The number of nitrogens with zero attached hydrogens (tertiary/aromatic N) is 2. The number of carboxylic acids is 1. The number of carbonyl (C=O) groups is 2. The van der Waals surface area contributed by atoms with Crippen LogP contribution in [0.3, 0.4) is 0 Å². The van der Waals surface area contributed by atoms with E-state index in [1.807, 2.05) is 0 Å². The van der Waals surface area contributed by atoms with Crippen LogP contribution in [0, 0.1) is 5.82 Å². The summed E-state index contributed by atoms with van der Waals surface area (Å²) < 4.78 is 19.7. The second kappa shape index (κ2) is 6.79. The number of aromatic nitrogens is 1. The first kappa shape index (κ1) is 17.7. The lowest BCUT2D eigenvalue weighted by Gasteiger charge is -2.33. The molecule has 0 aliphatic carbocycles. The molecule has 4 rings (SSSR count). The fourth-order valence-electron chi connectivity index (χ4n) is 2.91. The van der Waals surface area contributed by atoms with Crippen LogP contribution in [-0.4, -0.2) is 28.1 Å². The average molecular weight is 407 g/mol. The van der Waals surface area contributed by atoms with Gasteiger partial charge in [0, 0.05) is 0 Å². The van der Waals surface area contributed by atoms with Gasteiger partial charge in [-0.1, -0.05) is 23.7 Å². The molecule has 0 radical (unpaired) electrons. The Morgan fingerprint density at radius 3 is 2.89 bits per heavy atom. The van der Waals surface area contributed by atoms with Gasteiger partial charge in [0.25, 0.3) is 5.91 Å². The van der Waals surface area contributed by atoms with Crippen LogP contribution in [0.25, 0.3) is 10.2 Å². The Labute approximate surface area is 161 Å². The standard InChI is InChI=1S/C18H12ClFN2O4S/c19-16-9(20)5-6-10-17(16)27-14(21-10)8-22-11-3-1-2-4-12(11)26-13(18(22)25)7-15(23)24/h1-6,13H,7-8H2,(H,23,24). The minimum atomic E-state index is -1.13. The minimum Gasteiger partial charge on any atom is -0.481 e. The number of amides is 1. The molecule has 138 valence electrons. The summed E-state index contributed by atoms with van der Waals surface area (Å²) in [5.41, 5.74) is 1.07. The fraction of sp³-hybridized carbons (Fsp3) is 0.167. The van der Waals surface area contributed by atoms with Crippen molar-refractivity contribution in [2.75, 3.05) is 4.90 Å². The van der Waals surface area contributed by atoms with Crippen LogP contribution in [0.4, 0.5) is 10.1 Å². The van der Waals surface area contributed by atoms with Crippen molar-refractivity contribution < 1.29 is 23.8 Å². The molecule has 3 aromatic rings. The Hall–Kier alpha value is -2.71. The molecule has 1 aliphatic heterocycles. The fourth-order valence-corrected chi connectivity index (χ4v) is 4.17. The normalized spacial score (nSPS) is 16.3. The number of hydrogen-bond donors (Lipinski definition) is 1. The van der Waals surface area contributed by atoms with Crippen molar-refractivity contribution in [1.82, 2.24) is 4.98 Å². The molecular formula is C18H12ClFN2O4S. The van der Waals surface area contributed by atoms with E-state index < -0.39 is 30.2 Å². The Balaban J connectivity index is 1.72. The number of para-hydroxylation sites is 2. The molecular weight excluding hydrogens is 395 g/mol. The van der Waals surface area contributed by atoms with E-state index in [9.17, 15) is 14.0 Å². The number of ether oxygens (including phenoxy) is 1. The number of carboxylic acid groups (broad SMARTS) is 1. The third-order valence-electron chi connectivity index (χ3n) is 4.11. The van der Waals surface area contributed by atoms with Gasteiger partial charge in [-0.05, 0) is 24.3 Å². The molecule has 1 N–H and O–H groups in total. The predicted molar refractivity (Wildman–Crippen MR) is 98.9 cm³/mol. The molecule has 0 saturated heterocycles. The zero-order valence-electron chi connectivity index (χ0n) is 13.7. The molecule has 1 aromatic heterocycles. The van der Waals surface area contributed by atoms with Crippen molar-refractivity contribution in [3.63, 3.8) is 0 Å². The molecule has 1 atom stereocenters. The summed E-state index contributed by atoms with van der Waals surface area (Å²) in [6, 6.07) is 9.65. The number of fused-ring (bicyclic) bond motifs is 2. The van der Waals surface area contributed by atoms with E-state index in [-0.39, 0.29) is 11.6 Å². The highest BCUT2D eigenvalue weighted by atomic mass is 35.5. The summed E-state index contributed by atoms with van der Waals surface area (Å²) in [6.07, 6.45) is -1.56. The first-order chi connectivity index (χ1) is 12.9. The van der Waals surface area contributed by atoms with Crippen LogP contribution in [0.15, 0.2) is 36.4 Å².